The largest absolute Gasteiger partial charge is 0.368 e. The zero-order valence-electron chi connectivity index (χ0n) is 11.5. The number of nitrogens with zero attached hydrogens (tertiary/aromatic N) is 2. The van der Waals surface area contributed by atoms with E-state index in [0.29, 0.717) is 16.2 Å². The molecule has 2 atom stereocenters. The number of nitrogens with one attached hydrogen (secondary N) is 1. The summed E-state index contributed by atoms with van der Waals surface area (Å²) in [7, 11) is 0. The molecule has 2 saturated heterocycles. The van der Waals surface area contributed by atoms with Gasteiger partial charge in [-0.1, -0.05) is 59.6 Å². The van der Waals surface area contributed by atoms with Crippen molar-refractivity contribution in [2.24, 2.45) is 5.92 Å². The summed E-state index contributed by atoms with van der Waals surface area (Å²) in [5.41, 5.74) is 1.07. The molecule has 2 fully saturated rings. The zero-order chi connectivity index (χ0) is 14.7. The first-order valence-corrected chi connectivity index (χ1v) is 7.79. The Morgan fingerprint density at radius 1 is 1.05 bits per heavy atom. The van der Waals surface area contributed by atoms with Gasteiger partial charge in [-0.2, -0.15) is 0 Å². The van der Waals surface area contributed by atoms with Gasteiger partial charge in [-0.25, -0.2) is 4.98 Å². The lowest BCUT2D eigenvalue weighted by Crippen LogP contribution is -2.51. The normalized spacial score (nSPS) is 22.9. The Bertz CT molecular complexity index is 553. The van der Waals surface area contributed by atoms with Crippen molar-refractivity contribution in [2.75, 3.05) is 24.5 Å². The van der Waals surface area contributed by atoms with Gasteiger partial charge in [-0.15, -0.1) is 0 Å². The minimum Gasteiger partial charge on any atom is -0.368 e. The molecule has 21 heavy (non-hydrogen) atoms. The summed E-state index contributed by atoms with van der Waals surface area (Å²) >= 11 is 11.7. The predicted molar refractivity (Wildman–Crippen MR) is 88.2 cm³/mol. The van der Waals surface area contributed by atoms with E-state index in [1.54, 1.807) is 6.20 Å². The Morgan fingerprint density at radius 3 is 2.14 bits per heavy atom. The van der Waals surface area contributed by atoms with Gasteiger partial charge in [0.2, 0.25) is 0 Å². The molecule has 1 N–H and O–H groups in total. The highest BCUT2D eigenvalue weighted by molar-refractivity contribution is 6.41. The lowest BCUT2D eigenvalue weighted by atomic mass is 9.96. The third-order valence-electron chi connectivity index (χ3n) is 3.90. The molecule has 0 amide bonds. The number of rotatable bonds is 1. The van der Waals surface area contributed by atoms with Gasteiger partial charge in [0.1, 0.15) is 5.15 Å². The fourth-order valence-electron chi connectivity index (χ4n) is 2.63. The summed E-state index contributed by atoms with van der Waals surface area (Å²) in [5.74, 6) is 0.791. The number of hydrogen-bond acceptors (Lipinski definition) is 3. The van der Waals surface area contributed by atoms with Gasteiger partial charge < -0.3 is 10.2 Å². The van der Waals surface area contributed by atoms with E-state index in [4.69, 9.17) is 23.2 Å². The second-order valence-corrected chi connectivity index (χ2v) is 6.07. The van der Waals surface area contributed by atoms with Crippen molar-refractivity contribution in [1.29, 1.82) is 0 Å². The second-order valence-electron chi connectivity index (χ2n) is 5.30. The standard InChI is InChI=1S/C10H11Cl2N3.C6H6/c11-8-1-7(3-14-10(8)12)15-4-6-2-13-9(6)5-15;1-2-4-6-5-3-1/h1,3,6,9,13H,2,4-5H2;1-6H/t6-,9+;/m0./s1. The van der Waals surface area contributed by atoms with Crippen LogP contribution in [0.5, 0.6) is 0 Å². The average Bonchev–Trinajstić information content (AvgIpc) is 2.80. The lowest BCUT2D eigenvalue weighted by molar-refractivity contribution is 0.297. The SMILES string of the molecule is Clc1cc(N2C[C@@H]3CN[C@@H]3C2)cnc1Cl.c1ccccc1. The minimum atomic E-state index is 0.376. The molecule has 110 valence electrons. The molecule has 0 unspecified atom stereocenters. The molecular formula is C16H17Cl2N3. The molecule has 0 saturated carbocycles. The van der Waals surface area contributed by atoms with Gasteiger partial charge in [-0.05, 0) is 6.07 Å². The summed E-state index contributed by atoms with van der Waals surface area (Å²) in [6.45, 7) is 3.28. The number of anilines is 1. The Morgan fingerprint density at radius 2 is 1.71 bits per heavy atom. The summed E-state index contributed by atoms with van der Waals surface area (Å²) in [4.78, 5) is 6.38. The maximum Gasteiger partial charge on any atom is 0.147 e. The molecule has 1 aromatic carbocycles. The number of hydrogen-bond donors (Lipinski definition) is 1. The van der Waals surface area contributed by atoms with Crippen LogP contribution in [-0.2, 0) is 0 Å². The first-order valence-electron chi connectivity index (χ1n) is 7.03. The molecule has 4 rings (SSSR count). The third-order valence-corrected chi connectivity index (χ3v) is 4.58. The quantitative estimate of drug-likeness (QED) is 0.815. The van der Waals surface area contributed by atoms with E-state index in [-0.39, 0.29) is 0 Å². The van der Waals surface area contributed by atoms with E-state index in [2.05, 4.69) is 15.2 Å². The van der Waals surface area contributed by atoms with Crippen molar-refractivity contribution in [3.05, 3.63) is 58.8 Å². The number of pyridine rings is 1. The van der Waals surface area contributed by atoms with Crippen LogP contribution in [0.3, 0.4) is 0 Å². The molecule has 2 aliphatic rings. The topological polar surface area (TPSA) is 28.2 Å². The van der Waals surface area contributed by atoms with Crippen LogP contribution < -0.4 is 10.2 Å². The molecule has 0 radical (unpaired) electrons. The van der Waals surface area contributed by atoms with Crippen molar-refractivity contribution >= 4 is 28.9 Å². The fourth-order valence-corrected chi connectivity index (χ4v) is 2.90. The fraction of sp³-hybridized carbons (Fsp3) is 0.312. The highest BCUT2D eigenvalue weighted by Crippen LogP contribution is 2.30. The molecule has 5 heteroatoms. The van der Waals surface area contributed by atoms with Gasteiger partial charge in [-0.3, -0.25) is 0 Å². The Kier molecular flexibility index (Phi) is 4.63. The van der Waals surface area contributed by atoms with Crippen LogP contribution in [0, 0.1) is 5.92 Å². The van der Waals surface area contributed by atoms with E-state index >= 15 is 0 Å². The van der Waals surface area contributed by atoms with Crippen molar-refractivity contribution < 1.29 is 0 Å². The van der Waals surface area contributed by atoms with Gasteiger partial charge in [0.25, 0.3) is 0 Å². The second kappa shape index (κ2) is 6.65. The third kappa shape index (κ3) is 3.49. The van der Waals surface area contributed by atoms with Crippen LogP contribution in [0.1, 0.15) is 0 Å². The molecule has 0 aliphatic carbocycles. The first kappa shape index (κ1) is 14.6. The molecule has 2 aromatic rings. The summed E-state index contributed by atoms with van der Waals surface area (Å²) in [5, 5.41) is 4.32. The van der Waals surface area contributed by atoms with Crippen molar-refractivity contribution in [1.82, 2.24) is 10.3 Å². The number of halogens is 2. The Labute approximate surface area is 134 Å². The summed E-state index contributed by atoms with van der Waals surface area (Å²) in [6.07, 6.45) is 1.79. The highest BCUT2D eigenvalue weighted by Gasteiger charge is 2.39. The summed E-state index contributed by atoms with van der Waals surface area (Å²) in [6, 6.07) is 14.5. The molecule has 2 aliphatic heterocycles. The smallest absolute Gasteiger partial charge is 0.147 e. The molecule has 3 heterocycles. The maximum atomic E-state index is 5.94. The van der Waals surface area contributed by atoms with E-state index < -0.39 is 0 Å². The number of aromatic nitrogens is 1. The first-order chi connectivity index (χ1) is 10.2. The van der Waals surface area contributed by atoms with E-state index in [9.17, 15) is 0 Å². The number of benzene rings is 1. The number of fused-ring (bicyclic) bond motifs is 1. The van der Waals surface area contributed by atoms with Crippen LogP contribution in [0.4, 0.5) is 5.69 Å². The van der Waals surface area contributed by atoms with Crippen molar-refractivity contribution in [2.45, 2.75) is 6.04 Å². The molecule has 3 nitrogen and oxygen atoms in total. The minimum absolute atomic E-state index is 0.376. The van der Waals surface area contributed by atoms with Gasteiger partial charge in [0, 0.05) is 31.6 Å². The van der Waals surface area contributed by atoms with Crippen molar-refractivity contribution in [3.8, 4) is 0 Å². The molecule has 1 aromatic heterocycles. The molecular weight excluding hydrogens is 305 g/mol. The van der Waals surface area contributed by atoms with Gasteiger partial charge in [0.05, 0.1) is 16.9 Å². The Hall–Kier alpha value is -1.29. The van der Waals surface area contributed by atoms with E-state index in [1.165, 1.54) is 0 Å². The van der Waals surface area contributed by atoms with Crippen LogP contribution >= 0.6 is 23.2 Å². The van der Waals surface area contributed by atoms with Crippen molar-refractivity contribution in [3.63, 3.8) is 0 Å². The maximum absolute atomic E-state index is 5.94. The Balaban J connectivity index is 0.000000186. The highest BCUT2D eigenvalue weighted by atomic mass is 35.5. The lowest BCUT2D eigenvalue weighted by Gasteiger charge is -2.29. The molecule has 0 bridgehead atoms. The van der Waals surface area contributed by atoms with E-state index in [1.807, 2.05) is 42.5 Å². The van der Waals surface area contributed by atoms with Crippen LogP contribution in [0.25, 0.3) is 0 Å². The van der Waals surface area contributed by atoms with Crippen LogP contribution in [0.2, 0.25) is 10.2 Å². The van der Waals surface area contributed by atoms with Gasteiger partial charge in [0.15, 0.2) is 0 Å². The van der Waals surface area contributed by atoms with Crippen LogP contribution in [0.15, 0.2) is 48.7 Å². The summed E-state index contributed by atoms with van der Waals surface area (Å²) < 4.78 is 0. The predicted octanol–water partition coefficient (Wildman–Crippen LogP) is 3.48. The van der Waals surface area contributed by atoms with Gasteiger partial charge >= 0.3 is 0 Å². The average molecular weight is 322 g/mol. The zero-order valence-corrected chi connectivity index (χ0v) is 13.1. The monoisotopic (exact) mass is 321 g/mol. The van der Waals surface area contributed by atoms with E-state index in [0.717, 1.165) is 31.2 Å². The van der Waals surface area contributed by atoms with Crippen LogP contribution in [-0.4, -0.2) is 30.7 Å². The molecule has 0 spiro atoms.